The van der Waals surface area contributed by atoms with Crippen molar-refractivity contribution < 1.29 is 9.13 Å². The maximum absolute atomic E-state index is 12.7. The SMILES string of the molecule is N=C(N)c1cccc(OCc2ccc(F)cc2)c1. The van der Waals surface area contributed by atoms with Crippen LogP contribution in [0.3, 0.4) is 0 Å². The number of nitrogens with one attached hydrogen (secondary N) is 1. The van der Waals surface area contributed by atoms with Gasteiger partial charge in [0.15, 0.2) is 0 Å². The lowest BCUT2D eigenvalue weighted by atomic mass is 10.2. The van der Waals surface area contributed by atoms with Crippen LogP contribution in [0.15, 0.2) is 48.5 Å². The molecule has 2 aromatic rings. The number of hydrogen-bond donors (Lipinski definition) is 2. The highest BCUT2D eigenvalue weighted by molar-refractivity contribution is 5.95. The number of benzene rings is 2. The number of halogens is 1. The zero-order chi connectivity index (χ0) is 13.0. The molecule has 0 aliphatic carbocycles. The van der Waals surface area contributed by atoms with Crippen LogP contribution in [0.25, 0.3) is 0 Å². The fourth-order valence-electron chi connectivity index (χ4n) is 1.50. The van der Waals surface area contributed by atoms with Gasteiger partial charge in [-0.05, 0) is 29.8 Å². The summed E-state index contributed by atoms with van der Waals surface area (Å²) < 4.78 is 18.3. The molecule has 4 heteroatoms. The summed E-state index contributed by atoms with van der Waals surface area (Å²) >= 11 is 0. The van der Waals surface area contributed by atoms with Crippen LogP contribution in [0.2, 0.25) is 0 Å². The van der Waals surface area contributed by atoms with E-state index >= 15 is 0 Å². The first kappa shape index (κ1) is 12.1. The van der Waals surface area contributed by atoms with Crippen LogP contribution in [-0.2, 0) is 6.61 Å². The normalized spacial score (nSPS) is 10.1. The van der Waals surface area contributed by atoms with Crippen molar-refractivity contribution in [2.45, 2.75) is 6.61 Å². The van der Waals surface area contributed by atoms with E-state index in [4.69, 9.17) is 15.9 Å². The predicted octanol–water partition coefficient (Wildman–Crippen LogP) is 2.69. The first-order valence-corrected chi connectivity index (χ1v) is 5.47. The van der Waals surface area contributed by atoms with Gasteiger partial charge in [-0.25, -0.2) is 4.39 Å². The third kappa shape index (κ3) is 3.07. The maximum Gasteiger partial charge on any atom is 0.123 e. The number of nitrogen functional groups attached to an aromatic ring is 1. The molecular formula is C14H13FN2O. The standard InChI is InChI=1S/C14H13FN2O/c15-12-6-4-10(5-7-12)9-18-13-3-1-2-11(8-13)14(16)17/h1-8H,9H2,(H3,16,17). The van der Waals surface area contributed by atoms with Crippen molar-refractivity contribution in [3.8, 4) is 5.75 Å². The van der Waals surface area contributed by atoms with Gasteiger partial charge >= 0.3 is 0 Å². The lowest BCUT2D eigenvalue weighted by Crippen LogP contribution is -2.10. The molecule has 0 unspecified atom stereocenters. The molecule has 0 aromatic heterocycles. The molecule has 0 aliphatic heterocycles. The van der Waals surface area contributed by atoms with Gasteiger partial charge in [0.2, 0.25) is 0 Å². The first-order chi connectivity index (χ1) is 8.65. The molecule has 92 valence electrons. The number of nitrogens with two attached hydrogens (primary N) is 1. The summed E-state index contributed by atoms with van der Waals surface area (Å²) in [6.07, 6.45) is 0. The van der Waals surface area contributed by atoms with Crippen molar-refractivity contribution in [2.24, 2.45) is 5.73 Å². The number of hydrogen-bond acceptors (Lipinski definition) is 2. The second kappa shape index (κ2) is 5.31. The summed E-state index contributed by atoms with van der Waals surface area (Å²) in [6.45, 7) is 0.349. The molecule has 0 heterocycles. The summed E-state index contributed by atoms with van der Waals surface area (Å²) in [5.74, 6) is 0.367. The van der Waals surface area contributed by atoms with Crippen molar-refractivity contribution in [2.75, 3.05) is 0 Å². The minimum absolute atomic E-state index is 0.00207. The van der Waals surface area contributed by atoms with Gasteiger partial charge in [0, 0.05) is 5.56 Å². The van der Waals surface area contributed by atoms with E-state index in [1.165, 1.54) is 12.1 Å². The Morgan fingerprint density at radius 2 is 1.89 bits per heavy atom. The van der Waals surface area contributed by atoms with Crippen LogP contribution < -0.4 is 10.5 Å². The largest absolute Gasteiger partial charge is 0.489 e. The van der Waals surface area contributed by atoms with Crippen LogP contribution in [0.5, 0.6) is 5.75 Å². The summed E-state index contributed by atoms with van der Waals surface area (Å²) in [5.41, 5.74) is 6.89. The van der Waals surface area contributed by atoms with Crippen LogP contribution in [0.4, 0.5) is 4.39 Å². The lowest BCUT2D eigenvalue weighted by Gasteiger charge is -2.07. The van der Waals surface area contributed by atoms with Crippen LogP contribution in [0.1, 0.15) is 11.1 Å². The molecule has 18 heavy (non-hydrogen) atoms. The molecular weight excluding hydrogens is 231 g/mol. The van der Waals surface area contributed by atoms with E-state index in [9.17, 15) is 4.39 Å². The second-order valence-electron chi connectivity index (χ2n) is 3.86. The minimum atomic E-state index is -0.266. The quantitative estimate of drug-likeness (QED) is 0.641. The molecule has 0 radical (unpaired) electrons. The monoisotopic (exact) mass is 244 g/mol. The highest BCUT2D eigenvalue weighted by atomic mass is 19.1. The molecule has 2 aromatic carbocycles. The molecule has 0 saturated heterocycles. The van der Waals surface area contributed by atoms with Crippen molar-refractivity contribution in [3.63, 3.8) is 0 Å². The van der Waals surface area contributed by atoms with Crippen molar-refractivity contribution in [3.05, 3.63) is 65.5 Å². The van der Waals surface area contributed by atoms with Crippen LogP contribution in [-0.4, -0.2) is 5.84 Å². The Kier molecular flexibility index (Phi) is 3.57. The summed E-state index contributed by atoms with van der Waals surface area (Å²) in [5, 5.41) is 7.33. The highest BCUT2D eigenvalue weighted by Crippen LogP contribution is 2.15. The van der Waals surface area contributed by atoms with Crippen molar-refractivity contribution >= 4 is 5.84 Å². The first-order valence-electron chi connectivity index (χ1n) is 5.47. The number of ether oxygens (including phenoxy) is 1. The summed E-state index contributed by atoms with van der Waals surface area (Å²) in [4.78, 5) is 0. The zero-order valence-corrected chi connectivity index (χ0v) is 9.69. The second-order valence-corrected chi connectivity index (χ2v) is 3.86. The van der Waals surface area contributed by atoms with E-state index < -0.39 is 0 Å². The molecule has 0 spiro atoms. The van der Waals surface area contributed by atoms with Gasteiger partial charge in [-0.1, -0.05) is 24.3 Å². The molecule has 2 rings (SSSR count). The van der Waals surface area contributed by atoms with Gasteiger partial charge in [0.25, 0.3) is 0 Å². The number of rotatable bonds is 4. The van der Waals surface area contributed by atoms with E-state index in [-0.39, 0.29) is 11.7 Å². The smallest absolute Gasteiger partial charge is 0.123 e. The van der Waals surface area contributed by atoms with Crippen LogP contribution >= 0.6 is 0 Å². The Bertz CT molecular complexity index is 552. The Morgan fingerprint density at radius 1 is 1.17 bits per heavy atom. The highest BCUT2D eigenvalue weighted by Gasteiger charge is 2.00. The van der Waals surface area contributed by atoms with E-state index in [1.54, 1.807) is 36.4 Å². The molecule has 3 N–H and O–H groups in total. The molecule has 0 saturated carbocycles. The average Bonchev–Trinajstić information content (AvgIpc) is 2.38. The third-order valence-electron chi connectivity index (χ3n) is 2.46. The molecule has 3 nitrogen and oxygen atoms in total. The zero-order valence-electron chi connectivity index (χ0n) is 9.69. The Hall–Kier alpha value is -2.36. The van der Waals surface area contributed by atoms with Crippen molar-refractivity contribution in [1.29, 1.82) is 5.41 Å². The molecule has 0 amide bonds. The number of amidine groups is 1. The van der Waals surface area contributed by atoms with Gasteiger partial charge in [0.05, 0.1) is 0 Å². The van der Waals surface area contributed by atoms with Gasteiger partial charge < -0.3 is 10.5 Å². The van der Waals surface area contributed by atoms with E-state index in [0.717, 1.165) is 5.56 Å². The molecule has 0 fully saturated rings. The molecule has 0 atom stereocenters. The Morgan fingerprint density at radius 3 is 2.56 bits per heavy atom. The van der Waals surface area contributed by atoms with E-state index in [1.807, 2.05) is 0 Å². The van der Waals surface area contributed by atoms with Crippen LogP contribution in [0, 0.1) is 11.2 Å². The van der Waals surface area contributed by atoms with Gasteiger partial charge in [-0.15, -0.1) is 0 Å². The average molecular weight is 244 g/mol. The third-order valence-corrected chi connectivity index (χ3v) is 2.46. The van der Waals surface area contributed by atoms with Crippen molar-refractivity contribution in [1.82, 2.24) is 0 Å². The summed E-state index contributed by atoms with van der Waals surface area (Å²) in [7, 11) is 0. The fraction of sp³-hybridized carbons (Fsp3) is 0.0714. The van der Waals surface area contributed by atoms with E-state index in [0.29, 0.717) is 17.9 Å². The van der Waals surface area contributed by atoms with Gasteiger partial charge in [-0.2, -0.15) is 0 Å². The fourth-order valence-corrected chi connectivity index (χ4v) is 1.50. The predicted molar refractivity (Wildman–Crippen MR) is 68.2 cm³/mol. The lowest BCUT2D eigenvalue weighted by molar-refractivity contribution is 0.306. The molecule has 0 aliphatic rings. The minimum Gasteiger partial charge on any atom is -0.489 e. The van der Waals surface area contributed by atoms with Gasteiger partial charge in [-0.3, -0.25) is 5.41 Å². The molecule has 0 bridgehead atoms. The Labute approximate surface area is 105 Å². The maximum atomic E-state index is 12.7. The summed E-state index contributed by atoms with van der Waals surface area (Å²) in [6, 6.07) is 13.1. The Balaban J connectivity index is 2.04. The van der Waals surface area contributed by atoms with Gasteiger partial charge in [0.1, 0.15) is 24.0 Å². The topological polar surface area (TPSA) is 59.1 Å². The van der Waals surface area contributed by atoms with E-state index in [2.05, 4.69) is 0 Å².